The van der Waals surface area contributed by atoms with Crippen molar-refractivity contribution in [1.82, 2.24) is 0 Å². The van der Waals surface area contributed by atoms with Crippen molar-refractivity contribution in [2.24, 2.45) is 0 Å². The molecule has 0 aliphatic heterocycles. The Morgan fingerprint density at radius 2 is 2.43 bits per heavy atom. The fourth-order valence-corrected chi connectivity index (χ4v) is 2.04. The van der Waals surface area contributed by atoms with Crippen molar-refractivity contribution in [2.45, 2.75) is 25.9 Å². The monoisotopic (exact) mass is 214 g/mol. The number of ether oxygens (including phenoxy) is 1. The third-order valence-electron chi connectivity index (χ3n) is 1.95. The van der Waals surface area contributed by atoms with E-state index in [0.717, 1.165) is 5.56 Å². The Bertz CT molecular complexity index is 304. The van der Waals surface area contributed by atoms with Gasteiger partial charge in [0.25, 0.3) is 0 Å². The van der Waals surface area contributed by atoms with Crippen molar-refractivity contribution in [3.05, 3.63) is 21.9 Å². The zero-order chi connectivity index (χ0) is 10.6. The molecule has 1 N–H and O–H groups in total. The Morgan fingerprint density at radius 1 is 1.71 bits per heavy atom. The summed E-state index contributed by atoms with van der Waals surface area (Å²) in [5.41, 5.74) is 0.961. The van der Waals surface area contributed by atoms with Gasteiger partial charge in [-0.25, -0.2) is 4.79 Å². The Morgan fingerprint density at radius 3 is 3.00 bits per heavy atom. The number of aliphatic hydroxyl groups is 1. The molecule has 3 nitrogen and oxygen atoms in total. The quantitative estimate of drug-likeness (QED) is 0.778. The van der Waals surface area contributed by atoms with Crippen LogP contribution in [-0.4, -0.2) is 24.3 Å². The van der Waals surface area contributed by atoms with Crippen molar-refractivity contribution in [3.8, 4) is 0 Å². The maximum absolute atomic E-state index is 11.3. The highest BCUT2D eigenvalue weighted by atomic mass is 32.1. The summed E-state index contributed by atoms with van der Waals surface area (Å²) in [5, 5.41) is 11.0. The van der Waals surface area contributed by atoms with Gasteiger partial charge in [0, 0.05) is 0 Å². The summed E-state index contributed by atoms with van der Waals surface area (Å²) in [4.78, 5) is 11.9. The minimum absolute atomic E-state index is 0.291. The van der Waals surface area contributed by atoms with Crippen LogP contribution in [-0.2, 0) is 11.2 Å². The fourth-order valence-electron chi connectivity index (χ4n) is 1.17. The Labute approximate surface area is 87.3 Å². The van der Waals surface area contributed by atoms with Gasteiger partial charge in [-0.1, -0.05) is 0 Å². The maximum atomic E-state index is 11.3. The first-order valence-corrected chi connectivity index (χ1v) is 5.36. The lowest BCUT2D eigenvalue weighted by atomic mass is 10.1. The molecular formula is C10H14O3S. The number of rotatable bonds is 4. The van der Waals surface area contributed by atoms with Gasteiger partial charge < -0.3 is 9.84 Å². The van der Waals surface area contributed by atoms with Gasteiger partial charge in [-0.3, -0.25) is 0 Å². The number of methoxy groups -OCH3 is 1. The second-order valence-electron chi connectivity index (χ2n) is 3.15. The third kappa shape index (κ3) is 2.82. The predicted octanol–water partition coefficient (Wildman–Crippen LogP) is 1.85. The molecule has 0 saturated heterocycles. The lowest BCUT2D eigenvalue weighted by Crippen LogP contribution is -2.05. The van der Waals surface area contributed by atoms with Crippen LogP contribution in [0.2, 0.25) is 0 Å². The second kappa shape index (κ2) is 5.12. The van der Waals surface area contributed by atoms with Crippen LogP contribution in [0.4, 0.5) is 0 Å². The molecule has 0 amide bonds. The van der Waals surface area contributed by atoms with Gasteiger partial charge in [0.1, 0.15) is 4.88 Å². The Hall–Kier alpha value is -0.870. The van der Waals surface area contributed by atoms with Gasteiger partial charge >= 0.3 is 5.97 Å². The van der Waals surface area contributed by atoms with Gasteiger partial charge in [-0.2, -0.15) is 0 Å². The zero-order valence-corrected chi connectivity index (χ0v) is 9.13. The number of aliphatic hydroxyl groups excluding tert-OH is 1. The molecule has 1 rings (SSSR count). The van der Waals surface area contributed by atoms with Crippen LogP contribution in [0.15, 0.2) is 11.4 Å². The van der Waals surface area contributed by atoms with Crippen molar-refractivity contribution < 1.29 is 14.6 Å². The van der Waals surface area contributed by atoms with Gasteiger partial charge in [0.15, 0.2) is 0 Å². The van der Waals surface area contributed by atoms with Crippen molar-refractivity contribution in [3.63, 3.8) is 0 Å². The number of aryl methyl sites for hydroxylation is 1. The van der Waals surface area contributed by atoms with E-state index in [0.29, 0.717) is 17.7 Å². The molecule has 0 aliphatic carbocycles. The summed E-state index contributed by atoms with van der Waals surface area (Å²) in [7, 11) is 1.38. The molecule has 0 unspecified atom stereocenters. The molecule has 0 spiro atoms. The molecule has 0 fully saturated rings. The number of carbonyl (C=O) groups excluding carboxylic acids is 1. The Kier molecular flexibility index (Phi) is 4.10. The van der Waals surface area contributed by atoms with Crippen LogP contribution in [0.25, 0.3) is 0 Å². The number of carbonyl (C=O) groups is 1. The molecular weight excluding hydrogens is 200 g/mol. The molecule has 78 valence electrons. The molecule has 0 radical (unpaired) electrons. The molecule has 0 bridgehead atoms. The highest BCUT2D eigenvalue weighted by molar-refractivity contribution is 7.12. The van der Waals surface area contributed by atoms with Crippen LogP contribution >= 0.6 is 11.3 Å². The average Bonchev–Trinajstić information content (AvgIpc) is 2.61. The van der Waals surface area contributed by atoms with Crippen LogP contribution < -0.4 is 0 Å². The summed E-state index contributed by atoms with van der Waals surface area (Å²) < 4.78 is 4.65. The summed E-state index contributed by atoms with van der Waals surface area (Å²) in [6, 6.07) is 1.90. The van der Waals surface area contributed by atoms with Crippen molar-refractivity contribution in [1.29, 1.82) is 0 Å². The molecule has 0 aliphatic rings. The standard InChI is InChI=1S/C10H14O3S/c1-7(11)3-4-8-5-6-14-9(8)10(12)13-2/h5-7,11H,3-4H2,1-2H3/t7-/m0/s1. The van der Waals surface area contributed by atoms with E-state index in [1.807, 2.05) is 11.4 Å². The minimum Gasteiger partial charge on any atom is -0.465 e. The molecule has 1 aromatic rings. The SMILES string of the molecule is COC(=O)c1sccc1CC[C@H](C)O. The number of hydrogen-bond donors (Lipinski definition) is 1. The van der Waals surface area contributed by atoms with E-state index in [1.165, 1.54) is 18.4 Å². The zero-order valence-electron chi connectivity index (χ0n) is 8.32. The van der Waals surface area contributed by atoms with E-state index in [-0.39, 0.29) is 12.1 Å². The smallest absolute Gasteiger partial charge is 0.348 e. The van der Waals surface area contributed by atoms with Crippen LogP contribution in [0.3, 0.4) is 0 Å². The first kappa shape index (κ1) is 11.2. The average molecular weight is 214 g/mol. The molecule has 1 aromatic heterocycles. The van der Waals surface area contributed by atoms with Crippen molar-refractivity contribution in [2.75, 3.05) is 7.11 Å². The lowest BCUT2D eigenvalue weighted by Gasteiger charge is -2.04. The molecule has 0 aromatic carbocycles. The first-order chi connectivity index (χ1) is 6.65. The summed E-state index contributed by atoms with van der Waals surface area (Å²) in [6.07, 6.45) is 1.05. The molecule has 14 heavy (non-hydrogen) atoms. The van der Waals surface area contributed by atoms with Gasteiger partial charge in [0.2, 0.25) is 0 Å². The highest BCUT2D eigenvalue weighted by Gasteiger charge is 2.13. The van der Waals surface area contributed by atoms with Gasteiger partial charge in [-0.15, -0.1) is 11.3 Å². The number of esters is 1. The fraction of sp³-hybridized carbons (Fsp3) is 0.500. The second-order valence-corrected chi connectivity index (χ2v) is 4.07. The van der Waals surface area contributed by atoms with E-state index in [9.17, 15) is 4.79 Å². The maximum Gasteiger partial charge on any atom is 0.348 e. The minimum atomic E-state index is -0.333. The Balaban J connectivity index is 2.67. The first-order valence-electron chi connectivity index (χ1n) is 4.48. The normalized spacial score (nSPS) is 12.5. The highest BCUT2D eigenvalue weighted by Crippen LogP contribution is 2.19. The topological polar surface area (TPSA) is 46.5 Å². The summed E-state index contributed by atoms with van der Waals surface area (Å²) >= 11 is 1.38. The van der Waals surface area contributed by atoms with E-state index < -0.39 is 0 Å². The molecule has 1 heterocycles. The molecule has 4 heteroatoms. The predicted molar refractivity (Wildman–Crippen MR) is 55.7 cm³/mol. The van der Waals surface area contributed by atoms with Gasteiger partial charge in [0.05, 0.1) is 13.2 Å². The third-order valence-corrected chi connectivity index (χ3v) is 2.89. The summed E-state index contributed by atoms with van der Waals surface area (Å²) in [6.45, 7) is 1.74. The van der Waals surface area contributed by atoms with Crippen LogP contribution in [0, 0.1) is 0 Å². The number of hydrogen-bond acceptors (Lipinski definition) is 4. The molecule has 0 saturated carbocycles. The van der Waals surface area contributed by atoms with Crippen molar-refractivity contribution >= 4 is 17.3 Å². The summed E-state index contributed by atoms with van der Waals surface area (Å²) in [5.74, 6) is -0.291. The largest absolute Gasteiger partial charge is 0.465 e. The van der Waals surface area contributed by atoms with Crippen LogP contribution in [0.5, 0.6) is 0 Å². The van der Waals surface area contributed by atoms with Gasteiger partial charge in [-0.05, 0) is 36.8 Å². The van der Waals surface area contributed by atoms with E-state index >= 15 is 0 Å². The van der Waals surface area contributed by atoms with Crippen LogP contribution in [0.1, 0.15) is 28.6 Å². The molecule has 1 atom stereocenters. The lowest BCUT2D eigenvalue weighted by molar-refractivity contribution is 0.0604. The number of thiophene rings is 1. The van der Waals surface area contributed by atoms with E-state index in [1.54, 1.807) is 6.92 Å². The van der Waals surface area contributed by atoms with E-state index in [2.05, 4.69) is 4.74 Å². The van der Waals surface area contributed by atoms with E-state index in [4.69, 9.17) is 5.11 Å².